The van der Waals surface area contributed by atoms with Crippen LogP contribution in [0.4, 0.5) is 11.4 Å². The minimum Gasteiger partial charge on any atom is -0.395 e. The fourth-order valence-corrected chi connectivity index (χ4v) is 4.50. The lowest BCUT2D eigenvalue weighted by atomic mass is 10.0. The number of nitrogens with two attached hydrogens (primary N) is 2. The van der Waals surface area contributed by atoms with Crippen LogP contribution in [0.2, 0.25) is 0 Å². The zero-order chi connectivity index (χ0) is 25.7. The Labute approximate surface area is 212 Å². The minimum atomic E-state index is -1.03. The van der Waals surface area contributed by atoms with E-state index in [9.17, 15) is 14.4 Å². The number of aryl methyl sites for hydroxylation is 1. The number of benzene rings is 3. The van der Waals surface area contributed by atoms with Crippen LogP contribution in [-0.4, -0.2) is 22.1 Å². The third kappa shape index (κ3) is 5.26. The fourth-order valence-electron chi connectivity index (χ4n) is 3.76. The first-order valence-corrected chi connectivity index (χ1v) is 12.0. The molecule has 0 aliphatic rings. The molecular formula is C27H25N5O3S. The molecule has 0 saturated heterocycles. The van der Waals surface area contributed by atoms with E-state index in [1.165, 1.54) is 4.90 Å². The summed E-state index contributed by atoms with van der Waals surface area (Å²) in [6, 6.07) is 24.7. The molecule has 8 nitrogen and oxygen atoms in total. The van der Waals surface area contributed by atoms with Crippen LogP contribution in [0.5, 0.6) is 0 Å². The number of anilines is 2. The average molecular weight is 500 g/mol. The van der Waals surface area contributed by atoms with Gasteiger partial charge in [-0.2, -0.15) is 4.37 Å². The number of hydrogen-bond donors (Lipinski definition) is 3. The second-order valence-electron chi connectivity index (χ2n) is 8.17. The van der Waals surface area contributed by atoms with Crippen molar-refractivity contribution < 1.29 is 14.4 Å². The Kier molecular flexibility index (Phi) is 7.41. The maximum absolute atomic E-state index is 13.9. The van der Waals surface area contributed by atoms with Gasteiger partial charge in [0.25, 0.3) is 11.8 Å². The molecule has 0 unspecified atom stereocenters. The Morgan fingerprint density at radius 1 is 0.944 bits per heavy atom. The molecule has 4 aromatic rings. The molecule has 0 aliphatic heterocycles. The van der Waals surface area contributed by atoms with E-state index < -0.39 is 17.9 Å². The van der Waals surface area contributed by atoms with Crippen LogP contribution in [0.15, 0.2) is 84.9 Å². The molecule has 0 radical (unpaired) electrons. The van der Waals surface area contributed by atoms with Crippen molar-refractivity contribution in [3.63, 3.8) is 0 Å². The Hall–Kier alpha value is -4.50. The molecule has 4 rings (SSSR count). The van der Waals surface area contributed by atoms with Gasteiger partial charge >= 0.3 is 0 Å². The summed E-state index contributed by atoms with van der Waals surface area (Å²) in [5.74, 6) is -1.77. The highest BCUT2D eigenvalue weighted by Crippen LogP contribution is 2.33. The summed E-state index contributed by atoms with van der Waals surface area (Å²) in [7, 11) is 0. The Morgan fingerprint density at radius 2 is 1.56 bits per heavy atom. The molecule has 1 aromatic heterocycles. The van der Waals surface area contributed by atoms with Crippen molar-refractivity contribution in [2.45, 2.75) is 19.5 Å². The highest BCUT2D eigenvalue weighted by Gasteiger charge is 2.35. The van der Waals surface area contributed by atoms with Crippen LogP contribution in [-0.2, 0) is 11.3 Å². The van der Waals surface area contributed by atoms with Crippen molar-refractivity contribution in [3.8, 4) is 0 Å². The minimum absolute atomic E-state index is 0.0284. The van der Waals surface area contributed by atoms with Crippen LogP contribution in [0.25, 0.3) is 0 Å². The van der Waals surface area contributed by atoms with Gasteiger partial charge in [-0.3, -0.25) is 19.3 Å². The number of para-hydroxylation sites is 1. The van der Waals surface area contributed by atoms with Crippen molar-refractivity contribution in [1.82, 2.24) is 9.69 Å². The topological polar surface area (TPSA) is 131 Å². The third-order valence-electron chi connectivity index (χ3n) is 5.62. The van der Waals surface area contributed by atoms with E-state index in [2.05, 4.69) is 9.69 Å². The van der Waals surface area contributed by atoms with E-state index in [1.54, 1.807) is 24.3 Å². The van der Waals surface area contributed by atoms with Crippen LogP contribution >= 0.6 is 11.5 Å². The molecule has 182 valence electrons. The molecule has 0 fully saturated rings. The largest absolute Gasteiger partial charge is 0.395 e. The van der Waals surface area contributed by atoms with Gasteiger partial charge < -0.3 is 16.8 Å². The summed E-state index contributed by atoms with van der Waals surface area (Å²) in [4.78, 5) is 40.8. The second kappa shape index (κ2) is 10.8. The summed E-state index contributed by atoms with van der Waals surface area (Å²) in [5.41, 5.74) is 14.2. The van der Waals surface area contributed by atoms with Crippen molar-refractivity contribution in [2.24, 2.45) is 5.73 Å². The summed E-state index contributed by atoms with van der Waals surface area (Å²) < 4.78 is 3.97. The molecule has 3 aromatic carbocycles. The molecule has 9 heteroatoms. The van der Waals surface area contributed by atoms with E-state index in [0.29, 0.717) is 11.3 Å². The van der Waals surface area contributed by atoms with Crippen molar-refractivity contribution >= 4 is 40.6 Å². The quantitative estimate of drug-likeness (QED) is 0.339. The van der Waals surface area contributed by atoms with E-state index >= 15 is 0 Å². The molecule has 1 heterocycles. The monoisotopic (exact) mass is 499 g/mol. The van der Waals surface area contributed by atoms with Gasteiger partial charge in [0.2, 0.25) is 5.91 Å². The first-order chi connectivity index (χ1) is 17.4. The molecule has 0 aliphatic carbocycles. The highest BCUT2D eigenvalue weighted by molar-refractivity contribution is 7.09. The van der Waals surface area contributed by atoms with Crippen LogP contribution in [0, 0.1) is 6.92 Å². The maximum atomic E-state index is 13.9. The maximum Gasteiger partial charge on any atom is 0.273 e. The number of amides is 3. The molecule has 1 atom stereocenters. The van der Waals surface area contributed by atoms with E-state index in [-0.39, 0.29) is 28.7 Å². The van der Waals surface area contributed by atoms with E-state index in [0.717, 1.165) is 22.7 Å². The Morgan fingerprint density at radius 3 is 2.14 bits per heavy atom. The van der Waals surface area contributed by atoms with Gasteiger partial charge in [0, 0.05) is 12.2 Å². The van der Waals surface area contributed by atoms with Crippen molar-refractivity contribution in [3.05, 3.63) is 112 Å². The van der Waals surface area contributed by atoms with Crippen molar-refractivity contribution in [2.75, 3.05) is 10.6 Å². The lowest BCUT2D eigenvalue weighted by Gasteiger charge is -2.31. The standard InChI is InChI=1S/C27H25N5O3S/c1-17-12-14-19(15-13-17)23(26(34)30-16-18-8-4-2-5-9-18)32(20-10-6-3-7-11-20)27(35)24-21(28)22(25(29)33)31-36-24/h2-15,23H,16,28H2,1H3,(H2,29,33)(H,30,34)/t23-/m0/s1. The molecule has 0 spiro atoms. The zero-order valence-electron chi connectivity index (χ0n) is 19.5. The van der Waals surface area contributed by atoms with Gasteiger partial charge in [0.1, 0.15) is 10.9 Å². The first kappa shape index (κ1) is 24.6. The molecular weight excluding hydrogens is 474 g/mol. The number of nitrogens with one attached hydrogen (secondary N) is 1. The van der Waals surface area contributed by atoms with Gasteiger partial charge in [-0.05, 0) is 41.7 Å². The number of carbonyl (C=O) groups excluding carboxylic acids is 3. The molecule has 0 bridgehead atoms. The summed E-state index contributed by atoms with van der Waals surface area (Å²) in [6.07, 6.45) is 0. The third-order valence-corrected chi connectivity index (χ3v) is 6.47. The van der Waals surface area contributed by atoms with Gasteiger partial charge in [0.15, 0.2) is 5.69 Å². The van der Waals surface area contributed by atoms with Crippen molar-refractivity contribution in [1.29, 1.82) is 0 Å². The van der Waals surface area contributed by atoms with E-state index in [4.69, 9.17) is 11.5 Å². The number of carbonyl (C=O) groups is 3. The van der Waals surface area contributed by atoms with E-state index in [1.807, 2.05) is 67.6 Å². The van der Waals surface area contributed by atoms with Gasteiger partial charge in [-0.1, -0.05) is 78.4 Å². The number of hydrogen-bond acceptors (Lipinski definition) is 6. The SMILES string of the molecule is Cc1ccc([C@@H](C(=O)NCc2ccccc2)N(C(=O)c2snc(C(N)=O)c2N)c2ccccc2)cc1. The number of primary amides is 1. The summed E-state index contributed by atoms with van der Waals surface area (Å²) in [6.45, 7) is 2.23. The molecule has 36 heavy (non-hydrogen) atoms. The summed E-state index contributed by atoms with van der Waals surface area (Å²) in [5, 5.41) is 2.96. The van der Waals surface area contributed by atoms with Gasteiger partial charge in [-0.15, -0.1) is 0 Å². The Bertz CT molecular complexity index is 1370. The van der Waals surface area contributed by atoms with Gasteiger partial charge in [0.05, 0.1) is 5.69 Å². The van der Waals surface area contributed by atoms with Crippen LogP contribution < -0.4 is 21.7 Å². The number of nitrogens with zero attached hydrogens (tertiary/aromatic N) is 2. The van der Waals surface area contributed by atoms with Gasteiger partial charge in [-0.25, -0.2) is 0 Å². The lowest BCUT2D eigenvalue weighted by molar-refractivity contribution is -0.122. The zero-order valence-corrected chi connectivity index (χ0v) is 20.4. The fraction of sp³-hybridized carbons (Fsp3) is 0.111. The second-order valence-corrected chi connectivity index (χ2v) is 8.94. The van der Waals surface area contributed by atoms with Crippen LogP contribution in [0.1, 0.15) is 42.9 Å². The first-order valence-electron chi connectivity index (χ1n) is 11.2. The normalized spacial score (nSPS) is 11.5. The molecule has 3 amide bonds. The average Bonchev–Trinajstić information content (AvgIpc) is 3.29. The summed E-state index contributed by atoms with van der Waals surface area (Å²) >= 11 is 0.774. The lowest BCUT2D eigenvalue weighted by Crippen LogP contribution is -2.44. The smallest absolute Gasteiger partial charge is 0.273 e. The number of aromatic nitrogens is 1. The predicted octanol–water partition coefficient (Wildman–Crippen LogP) is 3.84. The number of nitrogen functional groups attached to an aromatic ring is 1. The molecule has 5 N–H and O–H groups in total. The molecule has 0 saturated carbocycles. The number of rotatable bonds is 8. The predicted molar refractivity (Wildman–Crippen MR) is 141 cm³/mol. The van der Waals surface area contributed by atoms with Crippen LogP contribution in [0.3, 0.4) is 0 Å². The Balaban J connectivity index is 1.80. The highest BCUT2D eigenvalue weighted by atomic mass is 32.1.